The second-order valence-corrected chi connectivity index (χ2v) is 11.8. The first kappa shape index (κ1) is 27.6. The van der Waals surface area contributed by atoms with E-state index in [9.17, 15) is 24.0 Å². The zero-order valence-corrected chi connectivity index (χ0v) is 24.6. The standard InChI is InChI=1S/C38H26N2O6/c41-34-28-17-19-30-33-31(20-18-29(32(28)33)35(42)39(34)25-15-13-23(14-16-25)22-7-4-5-8-22)37(44)40(36(30)43)26-10-6-9-24(21-26)38(45)46-27-11-2-1-3-12-27/h1-3,6,9-22H,4-5,7-8H2. The lowest BCUT2D eigenvalue weighted by Gasteiger charge is -2.32. The van der Waals surface area contributed by atoms with Crippen LogP contribution >= 0.6 is 0 Å². The fraction of sp³-hybridized carbons (Fsp3) is 0.132. The third kappa shape index (κ3) is 4.25. The van der Waals surface area contributed by atoms with Gasteiger partial charge in [0.05, 0.1) is 16.9 Å². The highest BCUT2D eigenvalue weighted by molar-refractivity contribution is 6.42. The van der Waals surface area contributed by atoms with Crippen LogP contribution in [0, 0.1) is 0 Å². The molecule has 8 rings (SSSR count). The lowest BCUT2D eigenvalue weighted by Crippen LogP contribution is -2.43. The first-order valence-electron chi connectivity index (χ1n) is 15.3. The van der Waals surface area contributed by atoms with Crippen LogP contribution in [0.4, 0.5) is 11.4 Å². The fourth-order valence-corrected chi connectivity index (χ4v) is 6.92. The van der Waals surface area contributed by atoms with E-state index in [1.807, 2.05) is 24.3 Å². The zero-order chi connectivity index (χ0) is 31.5. The van der Waals surface area contributed by atoms with Gasteiger partial charge in [-0.25, -0.2) is 14.6 Å². The molecule has 8 nitrogen and oxygen atoms in total. The van der Waals surface area contributed by atoms with Gasteiger partial charge in [0.25, 0.3) is 23.6 Å². The van der Waals surface area contributed by atoms with Crippen LogP contribution < -0.4 is 14.5 Å². The van der Waals surface area contributed by atoms with Gasteiger partial charge in [0.15, 0.2) is 0 Å². The molecule has 0 unspecified atom stereocenters. The Morgan fingerprint density at radius 2 is 1.09 bits per heavy atom. The maximum Gasteiger partial charge on any atom is 0.343 e. The predicted octanol–water partition coefficient (Wildman–Crippen LogP) is 7.32. The van der Waals surface area contributed by atoms with Crippen molar-refractivity contribution >= 4 is 51.7 Å². The summed E-state index contributed by atoms with van der Waals surface area (Å²) in [6, 6.07) is 28.4. The molecule has 3 aliphatic rings. The third-order valence-corrected chi connectivity index (χ3v) is 9.17. The number of hydrogen-bond acceptors (Lipinski definition) is 6. The lowest BCUT2D eigenvalue weighted by atomic mass is 9.85. The van der Waals surface area contributed by atoms with Gasteiger partial charge in [0, 0.05) is 33.0 Å². The van der Waals surface area contributed by atoms with E-state index in [0.717, 1.165) is 22.6 Å². The van der Waals surface area contributed by atoms with Crippen LogP contribution in [0.3, 0.4) is 0 Å². The van der Waals surface area contributed by atoms with Crippen LogP contribution in [0.5, 0.6) is 5.75 Å². The number of rotatable bonds is 5. The molecule has 8 heteroatoms. The van der Waals surface area contributed by atoms with E-state index in [1.54, 1.807) is 54.6 Å². The zero-order valence-electron chi connectivity index (χ0n) is 24.6. The largest absolute Gasteiger partial charge is 0.423 e. The average Bonchev–Trinajstić information content (AvgIpc) is 3.63. The van der Waals surface area contributed by atoms with Gasteiger partial charge in [-0.2, -0.15) is 0 Å². The smallest absolute Gasteiger partial charge is 0.343 e. The van der Waals surface area contributed by atoms with Crippen LogP contribution in [0.15, 0.2) is 103 Å². The van der Waals surface area contributed by atoms with Crippen molar-refractivity contribution in [2.75, 3.05) is 9.80 Å². The average molecular weight is 607 g/mol. The van der Waals surface area contributed by atoms with Gasteiger partial charge in [-0.3, -0.25) is 19.2 Å². The highest BCUT2D eigenvalue weighted by Gasteiger charge is 2.41. The van der Waals surface area contributed by atoms with Crippen LogP contribution in [0.1, 0.15) is 89.0 Å². The molecule has 0 radical (unpaired) electrons. The number of nitrogens with zero attached hydrogens (tertiary/aromatic N) is 2. The van der Waals surface area contributed by atoms with Crippen molar-refractivity contribution in [1.29, 1.82) is 0 Å². The minimum Gasteiger partial charge on any atom is -0.423 e. The monoisotopic (exact) mass is 606 g/mol. The minimum absolute atomic E-state index is 0.158. The molecule has 4 amide bonds. The number of anilines is 2. The van der Waals surface area contributed by atoms with Crippen LogP contribution in [0.2, 0.25) is 0 Å². The van der Waals surface area contributed by atoms with Gasteiger partial charge in [-0.05, 0) is 91.1 Å². The second-order valence-electron chi connectivity index (χ2n) is 11.8. The maximum atomic E-state index is 13.9. The molecule has 2 aliphatic heterocycles. The van der Waals surface area contributed by atoms with E-state index in [2.05, 4.69) is 0 Å². The van der Waals surface area contributed by atoms with Crippen LogP contribution in [-0.2, 0) is 0 Å². The molecule has 5 aromatic carbocycles. The van der Waals surface area contributed by atoms with Crippen LogP contribution in [0.25, 0.3) is 10.8 Å². The Morgan fingerprint density at radius 1 is 0.565 bits per heavy atom. The van der Waals surface area contributed by atoms with Crippen molar-refractivity contribution < 1.29 is 28.7 Å². The van der Waals surface area contributed by atoms with E-state index in [0.29, 0.717) is 22.7 Å². The molecule has 0 spiro atoms. The molecule has 0 atom stereocenters. The summed E-state index contributed by atoms with van der Waals surface area (Å²) in [7, 11) is 0. The summed E-state index contributed by atoms with van der Waals surface area (Å²) in [5, 5.41) is 0.573. The van der Waals surface area contributed by atoms with E-state index in [-0.39, 0.29) is 38.9 Å². The number of hydrogen-bond donors (Lipinski definition) is 0. The second kappa shape index (κ2) is 10.6. The molecule has 46 heavy (non-hydrogen) atoms. The first-order valence-corrected chi connectivity index (χ1v) is 15.3. The molecule has 5 aromatic rings. The molecular weight excluding hydrogens is 580 g/mol. The molecule has 1 fully saturated rings. The third-order valence-electron chi connectivity index (χ3n) is 9.17. The molecule has 1 saturated carbocycles. The lowest BCUT2D eigenvalue weighted by molar-refractivity contribution is 0.0732. The highest BCUT2D eigenvalue weighted by atomic mass is 16.5. The highest BCUT2D eigenvalue weighted by Crippen LogP contribution is 2.41. The van der Waals surface area contributed by atoms with Gasteiger partial charge >= 0.3 is 5.97 Å². The summed E-state index contributed by atoms with van der Waals surface area (Å²) in [5.41, 5.74) is 2.88. The van der Waals surface area contributed by atoms with E-state index >= 15 is 0 Å². The van der Waals surface area contributed by atoms with E-state index in [4.69, 9.17) is 4.74 Å². The van der Waals surface area contributed by atoms with Crippen molar-refractivity contribution in [3.63, 3.8) is 0 Å². The van der Waals surface area contributed by atoms with Gasteiger partial charge in [-0.1, -0.05) is 49.2 Å². The Hall–Kier alpha value is -5.89. The van der Waals surface area contributed by atoms with Gasteiger partial charge in [0.2, 0.25) is 0 Å². The molecule has 1 aliphatic carbocycles. The molecule has 0 saturated heterocycles. The van der Waals surface area contributed by atoms with Crippen molar-refractivity contribution in [2.24, 2.45) is 0 Å². The molecule has 2 heterocycles. The van der Waals surface area contributed by atoms with Gasteiger partial charge in [0.1, 0.15) is 5.75 Å². The molecule has 0 aromatic heterocycles. The number of benzene rings is 5. The Kier molecular flexibility index (Phi) is 6.39. The Labute approximate surface area is 263 Å². The quantitative estimate of drug-likeness (QED) is 0.118. The number of ether oxygens (including phenoxy) is 1. The van der Waals surface area contributed by atoms with E-state index < -0.39 is 29.6 Å². The Balaban J connectivity index is 1.14. The van der Waals surface area contributed by atoms with E-state index in [1.165, 1.54) is 42.7 Å². The topological polar surface area (TPSA) is 101 Å². The number of amides is 4. The summed E-state index contributed by atoms with van der Waals surface area (Å²) in [4.78, 5) is 70.6. The Bertz CT molecular complexity index is 2060. The summed E-state index contributed by atoms with van der Waals surface area (Å²) in [6.45, 7) is 0. The first-order chi connectivity index (χ1) is 22.4. The summed E-state index contributed by atoms with van der Waals surface area (Å²) in [6.07, 6.45) is 4.70. The normalized spacial score (nSPS) is 16.0. The summed E-state index contributed by atoms with van der Waals surface area (Å²) >= 11 is 0. The molecular formula is C38H26N2O6. The van der Waals surface area contributed by atoms with Crippen LogP contribution in [-0.4, -0.2) is 29.6 Å². The fourth-order valence-electron chi connectivity index (χ4n) is 6.92. The summed E-state index contributed by atoms with van der Waals surface area (Å²) in [5.74, 6) is -2.05. The SMILES string of the molecule is O=C(Oc1ccccc1)c1cccc(N2C(=O)c3ccc4c5c(ccc(c35)C2=O)C(=O)N(c2ccc(C3CCCC3)cc2)C4=O)c1. The number of imide groups is 2. The molecule has 0 bridgehead atoms. The number of carbonyl (C=O) groups is 5. The Morgan fingerprint density at radius 3 is 1.63 bits per heavy atom. The number of esters is 1. The minimum atomic E-state index is -0.640. The summed E-state index contributed by atoms with van der Waals surface area (Å²) < 4.78 is 5.44. The van der Waals surface area contributed by atoms with Crippen molar-refractivity contribution in [3.8, 4) is 5.75 Å². The maximum absolute atomic E-state index is 13.9. The van der Waals surface area contributed by atoms with Crippen molar-refractivity contribution in [3.05, 3.63) is 137 Å². The van der Waals surface area contributed by atoms with Gasteiger partial charge < -0.3 is 4.74 Å². The number of carbonyl (C=O) groups excluding carboxylic acids is 5. The van der Waals surface area contributed by atoms with Gasteiger partial charge in [-0.15, -0.1) is 0 Å². The van der Waals surface area contributed by atoms with Crippen molar-refractivity contribution in [1.82, 2.24) is 0 Å². The number of para-hydroxylation sites is 1. The predicted molar refractivity (Wildman–Crippen MR) is 172 cm³/mol. The molecule has 0 N–H and O–H groups in total. The van der Waals surface area contributed by atoms with Crippen molar-refractivity contribution in [2.45, 2.75) is 31.6 Å². The molecule has 224 valence electrons.